The molecule has 1 aliphatic carbocycles. The summed E-state index contributed by atoms with van der Waals surface area (Å²) in [5, 5.41) is 8.00. The maximum Gasteiger partial charge on any atom is 0.164 e. The minimum atomic E-state index is 0.727. The Morgan fingerprint density at radius 2 is 2.28 bits per heavy atom. The fraction of sp³-hybridized carbons (Fsp3) is 0.857. The van der Waals surface area contributed by atoms with Crippen molar-refractivity contribution >= 4 is 0 Å². The van der Waals surface area contributed by atoms with E-state index in [0.29, 0.717) is 0 Å². The van der Waals surface area contributed by atoms with Gasteiger partial charge in [-0.1, -0.05) is 33.1 Å². The first kappa shape index (κ1) is 13.5. The molecule has 1 N–H and O–H groups in total. The second-order valence-electron chi connectivity index (χ2n) is 5.45. The van der Waals surface area contributed by atoms with Crippen molar-refractivity contribution in [3.05, 3.63) is 12.2 Å². The van der Waals surface area contributed by atoms with Crippen molar-refractivity contribution < 1.29 is 0 Å². The Morgan fingerprint density at radius 3 is 2.94 bits per heavy atom. The molecule has 0 spiro atoms. The number of rotatable bonds is 9. The van der Waals surface area contributed by atoms with Gasteiger partial charge in [0.2, 0.25) is 0 Å². The average Bonchev–Trinajstić information content (AvgIpc) is 3.12. The van der Waals surface area contributed by atoms with Crippen LogP contribution in [0, 0.1) is 5.92 Å². The summed E-state index contributed by atoms with van der Waals surface area (Å²) in [5.74, 6) is 1.68. The highest BCUT2D eigenvalue weighted by Gasteiger charge is 2.20. The van der Waals surface area contributed by atoms with Gasteiger partial charge in [0, 0.05) is 12.6 Å². The molecule has 2 rings (SSSR count). The van der Waals surface area contributed by atoms with E-state index in [1.165, 1.54) is 38.5 Å². The lowest BCUT2D eigenvalue weighted by molar-refractivity contribution is 0.370. The van der Waals surface area contributed by atoms with Gasteiger partial charge < -0.3 is 5.32 Å². The zero-order valence-corrected chi connectivity index (χ0v) is 11.7. The second-order valence-corrected chi connectivity index (χ2v) is 5.45. The van der Waals surface area contributed by atoms with E-state index >= 15 is 0 Å². The number of hydrogen-bond acceptors (Lipinski definition) is 3. The van der Waals surface area contributed by atoms with E-state index in [4.69, 9.17) is 0 Å². The smallest absolute Gasteiger partial charge is 0.164 e. The van der Waals surface area contributed by atoms with Crippen molar-refractivity contribution in [2.75, 3.05) is 0 Å². The molecule has 0 saturated heterocycles. The van der Waals surface area contributed by atoms with Crippen molar-refractivity contribution in [1.29, 1.82) is 0 Å². The highest BCUT2D eigenvalue weighted by molar-refractivity contribution is 4.87. The van der Waals surface area contributed by atoms with Crippen LogP contribution in [-0.2, 0) is 13.1 Å². The molecule has 1 aromatic rings. The summed E-state index contributed by atoms with van der Waals surface area (Å²) in [5.41, 5.74) is 0. The van der Waals surface area contributed by atoms with Crippen LogP contribution in [0.4, 0.5) is 0 Å². The quantitative estimate of drug-likeness (QED) is 0.733. The van der Waals surface area contributed by atoms with Gasteiger partial charge >= 0.3 is 0 Å². The molecule has 0 aliphatic heterocycles. The topological polar surface area (TPSA) is 42.7 Å². The molecule has 1 heterocycles. The molecular formula is C14H26N4. The molecule has 1 unspecified atom stereocenters. The monoisotopic (exact) mass is 250 g/mol. The molecule has 1 atom stereocenters. The molecular weight excluding hydrogens is 224 g/mol. The molecule has 1 aromatic heterocycles. The Kier molecular flexibility index (Phi) is 5.17. The summed E-state index contributed by atoms with van der Waals surface area (Å²) in [6.45, 7) is 6.37. The molecule has 102 valence electrons. The number of unbranched alkanes of at least 4 members (excludes halogenated alkanes) is 1. The predicted octanol–water partition coefficient (Wildman–Crippen LogP) is 2.75. The van der Waals surface area contributed by atoms with Gasteiger partial charge in [-0.25, -0.2) is 4.98 Å². The van der Waals surface area contributed by atoms with E-state index in [2.05, 4.69) is 29.2 Å². The van der Waals surface area contributed by atoms with Crippen molar-refractivity contribution in [2.45, 2.75) is 71.5 Å². The Labute approximate surface area is 110 Å². The number of nitrogens with one attached hydrogen (secondary N) is 1. The van der Waals surface area contributed by atoms with Crippen molar-refractivity contribution in [1.82, 2.24) is 20.1 Å². The zero-order chi connectivity index (χ0) is 12.8. The lowest BCUT2D eigenvalue weighted by Gasteiger charge is -2.13. The highest BCUT2D eigenvalue weighted by Crippen LogP contribution is 2.19. The van der Waals surface area contributed by atoms with Crippen molar-refractivity contribution in [3.63, 3.8) is 0 Å². The van der Waals surface area contributed by atoms with Gasteiger partial charge in [-0.2, -0.15) is 5.10 Å². The molecule has 1 fully saturated rings. The van der Waals surface area contributed by atoms with E-state index in [1.54, 1.807) is 0 Å². The molecule has 0 aromatic carbocycles. The van der Waals surface area contributed by atoms with Gasteiger partial charge in [-0.15, -0.1) is 0 Å². The van der Waals surface area contributed by atoms with Crippen LogP contribution in [0.5, 0.6) is 0 Å². The predicted molar refractivity (Wildman–Crippen MR) is 73.2 cm³/mol. The first-order valence-electron chi connectivity index (χ1n) is 7.43. The van der Waals surface area contributed by atoms with Gasteiger partial charge in [0.15, 0.2) is 5.82 Å². The minimum Gasteiger partial charge on any atom is -0.307 e. The first-order valence-corrected chi connectivity index (χ1v) is 7.43. The van der Waals surface area contributed by atoms with E-state index in [0.717, 1.165) is 30.9 Å². The van der Waals surface area contributed by atoms with Gasteiger partial charge in [-0.3, -0.25) is 4.68 Å². The molecule has 0 bridgehead atoms. The van der Waals surface area contributed by atoms with E-state index in [1.807, 2.05) is 11.0 Å². The van der Waals surface area contributed by atoms with Crippen LogP contribution in [-0.4, -0.2) is 20.8 Å². The van der Waals surface area contributed by atoms with E-state index in [-0.39, 0.29) is 0 Å². The Morgan fingerprint density at radius 1 is 1.44 bits per heavy atom. The Hall–Kier alpha value is -0.900. The molecule has 0 amide bonds. The van der Waals surface area contributed by atoms with Crippen LogP contribution >= 0.6 is 0 Å². The summed E-state index contributed by atoms with van der Waals surface area (Å²) in [4.78, 5) is 4.37. The summed E-state index contributed by atoms with van der Waals surface area (Å²) < 4.78 is 2.02. The molecule has 1 aliphatic rings. The highest BCUT2D eigenvalue weighted by atomic mass is 15.3. The SMILES string of the molecule is CCCCC(CC)Cn1cnc(CNC2CC2)n1. The maximum absolute atomic E-state index is 4.55. The van der Waals surface area contributed by atoms with Crippen molar-refractivity contribution in [3.8, 4) is 0 Å². The van der Waals surface area contributed by atoms with Gasteiger partial charge in [0.25, 0.3) is 0 Å². The van der Waals surface area contributed by atoms with Gasteiger partial charge in [0.05, 0.1) is 6.54 Å². The van der Waals surface area contributed by atoms with Crippen LogP contribution in [0.2, 0.25) is 0 Å². The summed E-state index contributed by atoms with van der Waals surface area (Å²) in [6, 6.07) is 0.727. The Balaban J connectivity index is 1.76. The third-order valence-corrected chi connectivity index (χ3v) is 3.70. The molecule has 1 saturated carbocycles. The summed E-state index contributed by atoms with van der Waals surface area (Å²) >= 11 is 0. The van der Waals surface area contributed by atoms with Crippen LogP contribution in [0.25, 0.3) is 0 Å². The second kappa shape index (κ2) is 6.88. The third kappa shape index (κ3) is 4.41. The largest absolute Gasteiger partial charge is 0.307 e. The van der Waals surface area contributed by atoms with Crippen LogP contribution in [0.1, 0.15) is 58.2 Å². The molecule has 4 nitrogen and oxygen atoms in total. The van der Waals surface area contributed by atoms with E-state index < -0.39 is 0 Å². The number of hydrogen-bond donors (Lipinski definition) is 1. The van der Waals surface area contributed by atoms with Crippen LogP contribution in [0.15, 0.2) is 6.33 Å². The van der Waals surface area contributed by atoms with Crippen molar-refractivity contribution in [2.24, 2.45) is 5.92 Å². The minimum absolute atomic E-state index is 0.727. The lowest BCUT2D eigenvalue weighted by Crippen LogP contribution is -2.17. The average molecular weight is 250 g/mol. The Bertz CT molecular complexity index is 343. The number of aromatic nitrogens is 3. The molecule has 0 radical (unpaired) electrons. The maximum atomic E-state index is 4.55. The first-order chi connectivity index (χ1) is 8.81. The fourth-order valence-corrected chi connectivity index (χ4v) is 2.21. The normalized spacial score (nSPS) is 17.0. The fourth-order valence-electron chi connectivity index (χ4n) is 2.21. The zero-order valence-electron chi connectivity index (χ0n) is 11.7. The third-order valence-electron chi connectivity index (χ3n) is 3.70. The molecule has 4 heteroatoms. The van der Waals surface area contributed by atoms with Crippen LogP contribution < -0.4 is 5.32 Å². The lowest BCUT2D eigenvalue weighted by atomic mass is 10.00. The summed E-state index contributed by atoms with van der Waals surface area (Å²) in [7, 11) is 0. The molecule has 18 heavy (non-hydrogen) atoms. The van der Waals surface area contributed by atoms with E-state index in [9.17, 15) is 0 Å². The number of nitrogens with zero attached hydrogens (tertiary/aromatic N) is 3. The standard InChI is InChI=1S/C14H26N4/c1-3-5-6-12(4-2)10-18-11-16-14(17-18)9-15-13-7-8-13/h11-13,15H,3-10H2,1-2H3. The van der Waals surface area contributed by atoms with Gasteiger partial charge in [-0.05, 0) is 25.2 Å². The van der Waals surface area contributed by atoms with Crippen LogP contribution in [0.3, 0.4) is 0 Å². The summed E-state index contributed by atoms with van der Waals surface area (Å²) in [6.07, 6.45) is 9.66. The van der Waals surface area contributed by atoms with Gasteiger partial charge in [0.1, 0.15) is 6.33 Å².